The molecule has 0 aromatic heterocycles. The second-order valence-electron chi connectivity index (χ2n) is 6.96. The summed E-state index contributed by atoms with van der Waals surface area (Å²) in [5, 5.41) is 22.0. The van der Waals surface area contributed by atoms with E-state index in [1.54, 1.807) is 24.3 Å². The first-order valence-electron chi connectivity index (χ1n) is 9.25. The lowest BCUT2D eigenvalue weighted by Gasteiger charge is -2.28. The van der Waals surface area contributed by atoms with Gasteiger partial charge >= 0.3 is 5.97 Å². The Bertz CT molecular complexity index is 780. The van der Waals surface area contributed by atoms with Crippen molar-refractivity contribution in [3.63, 3.8) is 0 Å². The molecule has 6 N–H and O–H groups in total. The number of rotatable bonds is 7. The van der Waals surface area contributed by atoms with Gasteiger partial charge in [-0.3, -0.25) is 15.0 Å². The van der Waals surface area contributed by atoms with Gasteiger partial charge in [0.15, 0.2) is 0 Å². The molecular weight excluding hydrogens is 360 g/mol. The Balaban J connectivity index is 2.22. The van der Waals surface area contributed by atoms with Crippen molar-refractivity contribution in [1.82, 2.24) is 10.6 Å². The van der Waals surface area contributed by atoms with E-state index in [2.05, 4.69) is 10.6 Å². The summed E-state index contributed by atoms with van der Waals surface area (Å²) in [5.74, 6) is -2.36. The minimum Gasteiger partial charge on any atom is -0.480 e. The Kier molecular flexibility index (Phi) is 7.31. The highest BCUT2D eigenvalue weighted by Gasteiger charge is 2.31. The van der Waals surface area contributed by atoms with Crippen molar-refractivity contribution in [1.29, 1.82) is 5.41 Å². The third-order valence-electron chi connectivity index (χ3n) is 4.76. The topological polar surface area (TPSA) is 145 Å². The first kappa shape index (κ1) is 21.1. The first-order chi connectivity index (χ1) is 13.3. The lowest BCUT2D eigenvalue weighted by atomic mass is 9.84. The summed E-state index contributed by atoms with van der Waals surface area (Å²) in [6.45, 7) is 1.27. The third-order valence-corrected chi connectivity index (χ3v) is 4.76. The van der Waals surface area contributed by atoms with Crippen LogP contribution < -0.4 is 16.4 Å². The van der Waals surface area contributed by atoms with Crippen molar-refractivity contribution in [2.24, 2.45) is 11.7 Å². The van der Waals surface area contributed by atoms with E-state index in [-0.39, 0.29) is 17.5 Å². The Morgan fingerprint density at radius 1 is 1.18 bits per heavy atom. The number of carboxylic acid groups (broad SMARTS) is 1. The van der Waals surface area contributed by atoms with Crippen LogP contribution in [0.25, 0.3) is 6.08 Å². The van der Waals surface area contributed by atoms with Gasteiger partial charge in [-0.05, 0) is 30.4 Å². The summed E-state index contributed by atoms with van der Waals surface area (Å²) in [7, 11) is 0. The molecule has 0 saturated heterocycles. The van der Waals surface area contributed by atoms with Crippen LogP contribution in [0, 0.1) is 11.3 Å². The summed E-state index contributed by atoms with van der Waals surface area (Å²) < 4.78 is 0. The zero-order valence-corrected chi connectivity index (χ0v) is 15.8. The van der Waals surface area contributed by atoms with Crippen LogP contribution in [0.15, 0.2) is 30.0 Å². The fourth-order valence-corrected chi connectivity index (χ4v) is 3.34. The molecule has 1 fully saturated rings. The molecule has 2 rings (SSSR count). The monoisotopic (exact) mass is 386 g/mol. The molecule has 0 aliphatic heterocycles. The van der Waals surface area contributed by atoms with Gasteiger partial charge in [-0.2, -0.15) is 0 Å². The predicted molar refractivity (Wildman–Crippen MR) is 105 cm³/mol. The SMILES string of the molecule is CC(=O)N/C(=C/c1ccc(C(=N)N)cc1)C(=O)NC(C(=O)O)C1CCCCC1. The van der Waals surface area contributed by atoms with Gasteiger partial charge in [-0.15, -0.1) is 0 Å². The van der Waals surface area contributed by atoms with Crippen molar-refractivity contribution >= 4 is 29.7 Å². The number of carbonyl (C=O) groups excluding carboxylic acids is 2. The van der Waals surface area contributed by atoms with E-state index in [1.807, 2.05) is 0 Å². The molecule has 150 valence electrons. The summed E-state index contributed by atoms with van der Waals surface area (Å²) in [6, 6.07) is 5.56. The largest absolute Gasteiger partial charge is 0.480 e. The Labute approximate surface area is 163 Å². The number of carboxylic acids is 1. The minimum absolute atomic E-state index is 0.0369. The van der Waals surface area contributed by atoms with Gasteiger partial charge in [0.05, 0.1) is 0 Å². The van der Waals surface area contributed by atoms with Gasteiger partial charge in [0.25, 0.3) is 5.91 Å². The maximum absolute atomic E-state index is 12.7. The molecular formula is C20H26N4O4. The molecule has 1 unspecified atom stereocenters. The quantitative estimate of drug-likeness (QED) is 0.274. The predicted octanol–water partition coefficient (Wildman–Crippen LogP) is 1.60. The number of nitrogens with one attached hydrogen (secondary N) is 3. The van der Waals surface area contributed by atoms with Gasteiger partial charge < -0.3 is 21.5 Å². The number of aliphatic carboxylic acids is 1. The van der Waals surface area contributed by atoms with Crippen LogP contribution in [0.4, 0.5) is 0 Å². The number of amidine groups is 1. The summed E-state index contributed by atoms with van der Waals surface area (Å²) in [5.41, 5.74) is 6.53. The molecule has 1 saturated carbocycles. The number of hydrogen-bond donors (Lipinski definition) is 5. The van der Waals surface area contributed by atoms with Crippen molar-refractivity contribution < 1.29 is 19.5 Å². The zero-order valence-electron chi connectivity index (χ0n) is 15.8. The lowest BCUT2D eigenvalue weighted by molar-refractivity contribution is -0.143. The fraction of sp³-hybridized carbons (Fsp3) is 0.400. The molecule has 0 radical (unpaired) electrons. The highest BCUT2D eigenvalue weighted by molar-refractivity contribution is 6.02. The zero-order chi connectivity index (χ0) is 20.7. The van der Waals surface area contributed by atoms with Crippen LogP contribution in [0.3, 0.4) is 0 Å². The van der Waals surface area contributed by atoms with E-state index in [0.29, 0.717) is 11.1 Å². The van der Waals surface area contributed by atoms with Crippen molar-refractivity contribution in [2.75, 3.05) is 0 Å². The van der Waals surface area contributed by atoms with Gasteiger partial charge in [0, 0.05) is 12.5 Å². The minimum atomic E-state index is -1.08. The molecule has 0 heterocycles. The number of nitrogen functional groups attached to an aromatic ring is 1. The smallest absolute Gasteiger partial charge is 0.326 e. The van der Waals surface area contributed by atoms with Gasteiger partial charge in [-0.25, -0.2) is 4.79 Å². The lowest BCUT2D eigenvalue weighted by Crippen LogP contribution is -2.48. The molecule has 28 heavy (non-hydrogen) atoms. The van der Waals surface area contributed by atoms with Crippen LogP contribution >= 0.6 is 0 Å². The highest BCUT2D eigenvalue weighted by Crippen LogP contribution is 2.26. The number of carbonyl (C=O) groups is 3. The first-order valence-corrected chi connectivity index (χ1v) is 9.25. The second kappa shape index (κ2) is 9.68. The normalized spacial score (nSPS) is 16.1. The fourth-order valence-electron chi connectivity index (χ4n) is 3.34. The number of amides is 2. The molecule has 1 aliphatic carbocycles. The molecule has 1 aromatic rings. The second-order valence-corrected chi connectivity index (χ2v) is 6.96. The van der Waals surface area contributed by atoms with Gasteiger partial charge in [0.1, 0.15) is 17.6 Å². The van der Waals surface area contributed by atoms with Crippen LogP contribution in [-0.2, 0) is 14.4 Å². The Morgan fingerprint density at radius 2 is 1.79 bits per heavy atom. The van der Waals surface area contributed by atoms with Crippen molar-refractivity contribution in [3.8, 4) is 0 Å². The van der Waals surface area contributed by atoms with Gasteiger partial charge in [-0.1, -0.05) is 43.5 Å². The highest BCUT2D eigenvalue weighted by atomic mass is 16.4. The molecule has 1 atom stereocenters. The standard InChI is InChI=1S/C20H26N4O4/c1-12(25)23-16(11-13-7-9-15(10-8-13)18(21)22)19(26)24-17(20(27)28)14-5-3-2-4-6-14/h7-11,14,17H,2-6H2,1H3,(H3,21,22)(H,23,25)(H,24,26)(H,27,28)/b16-11+. The van der Waals surface area contributed by atoms with E-state index in [4.69, 9.17) is 11.1 Å². The van der Waals surface area contributed by atoms with E-state index < -0.39 is 23.8 Å². The molecule has 1 aromatic carbocycles. The number of nitrogens with two attached hydrogens (primary N) is 1. The summed E-state index contributed by atoms with van der Waals surface area (Å²) in [4.78, 5) is 35.9. The number of benzene rings is 1. The third kappa shape index (κ3) is 5.94. The van der Waals surface area contributed by atoms with E-state index in [9.17, 15) is 19.5 Å². The summed E-state index contributed by atoms with van der Waals surface area (Å²) >= 11 is 0. The van der Waals surface area contributed by atoms with E-state index in [0.717, 1.165) is 32.1 Å². The van der Waals surface area contributed by atoms with E-state index >= 15 is 0 Å². The summed E-state index contributed by atoms with van der Waals surface area (Å²) in [6.07, 6.45) is 5.93. The molecule has 0 spiro atoms. The van der Waals surface area contributed by atoms with E-state index in [1.165, 1.54) is 13.0 Å². The average Bonchev–Trinajstić information content (AvgIpc) is 2.66. The van der Waals surface area contributed by atoms with Crippen molar-refractivity contribution in [2.45, 2.75) is 45.1 Å². The molecule has 1 aliphatic rings. The molecule has 8 nitrogen and oxygen atoms in total. The molecule has 2 amide bonds. The Hall–Kier alpha value is -3.16. The van der Waals surface area contributed by atoms with Crippen LogP contribution in [0.2, 0.25) is 0 Å². The number of hydrogen-bond acceptors (Lipinski definition) is 4. The van der Waals surface area contributed by atoms with Crippen molar-refractivity contribution in [3.05, 3.63) is 41.1 Å². The average molecular weight is 386 g/mol. The maximum Gasteiger partial charge on any atom is 0.326 e. The van der Waals surface area contributed by atoms with Crippen LogP contribution in [-0.4, -0.2) is 34.8 Å². The van der Waals surface area contributed by atoms with Crippen LogP contribution in [0.1, 0.15) is 50.2 Å². The maximum atomic E-state index is 12.7. The van der Waals surface area contributed by atoms with Gasteiger partial charge in [0.2, 0.25) is 5.91 Å². The van der Waals surface area contributed by atoms with Crippen LogP contribution in [0.5, 0.6) is 0 Å². The molecule has 0 bridgehead atoms. The molecule has 8 heteroatoms. The Morgan fingerprint density at radius 3 is 2.29 bits per heavy atom.